The van der Waals surface area contributed by atoms with Crippen LogP contribution in [-0.2, 0) is 23.0 Å². The highest BCUT2D eigenvalue weighted by Crippen LogP contribution is 2.31. The van der Waals surface area contributed by atoms with Crippen molar-refractivity contribution in [3.63, 3.8) is 0 Å². The van der Waals surface area contributed by atoms with Crippen molar-refractivity contribution in [2.75, 3.05) is 12.8 Å². The predicted molar refractivity (Wildman–Crippen MR) is 138 cm³/mol. The Bertz CT molecular complexity index is 1630. The van der Waals surface area contributed by atoms with Crippen LogP contribution >= 0.6 is 0 Å². The molecule has 12 heteroatoms. The Morgan fingerprint density at radius 1 is 1.11 bits per heavy atom. The molecule has 1 aliphatic rings. The van der Waals surface area contributed by atoms with E-state index in [9.17, 15) is 17.6 Å². The zero-order chi connectivity index (χ0) is 26.5. The maximum atomic E-state index is 14.4. The Hall–Kier alpha value is -3.61. The van der Waals surface area contributed by atoms with Crippen LogP contribution in [0, 0.1) is 19.7 Å². The van der Waals surface area contributed by atoms with Crippen LogP contribution in [0.4, 0.5) is 4.39 Å². The molecule has 0 saturated heterocycles. The number of sulfonamides is 1. The smallest absolute Gasteiger partial charge is 0.310 e. The molecule has 10 nitrogen and oxygen atoms in total. The number of fused-ring (bicyclic) bond motifs is 1. The Balaban J connectivity index is 1.60. The number of hydrogen-bond acceptors (Lipinski definition) is 6. The normalized spacial score (nSPS) is 15.6. The lowest BCUT2D eigenvalue weighted by Crippen LogP contribution is -2.30. The molecule has 37 heavy (non-hydrogen) atoms. The molecule has 194 valence electrons. The molecule has 3 heterocycles. The molecule has 2 aromatic heterocycles. The highest BCUT2D eigenvalue weighted by Gasteiger charge is 2.29. The molecule has 0 radical (unpaired) electrons. The van der Waals surface area contributed by atoms with Crippen molar-refractivity contribution in [2.24, 2.45) is 0 Å². The highest BCUT2D eigenvalue weighted by molar-refractivity contribution is 7.88. The minimum absolute atomic E-state index is 0.0491. The molecule has 1 atom stereocenters. The van der Waals surface area contributed by atoms with Gasteiger partial charge in [0.1, 0.15) is 12.1 Å². The molecule has 0 spiro atoms. The minimum atomic E-state index is -3.32. The van der Waals surface area contributed by atoms with Gasteiger partial charge in [-0.1, -0.05) is 12.1 Å². The van der Waals surface area contributed by atoms with E-state index in [0.717, 1.165) is 29.6 Å². The summed E-state index contributed by atoms with van der Waals surface area (Å²) in [6, 6.07) is 10.3. The molecule has 1 aliphatic heterocycles. The van der Waals surface area contributed by atoms with Crippen molar-refractivity contribution in [3.8, 4) is 17.2 Å². The van der Waals surface area contributed by atoms with Crippen LogP contribution in [-0.4, -0.2) is 45.3 Å². The summed E-state index contributed by atoms with van der Waals surface area (Å²) in [6.45, 7) is 6.35. The summed E-state index contributed by atoms with van der Waals surface area (Å²) >= 11 is 0. The van der Waals surface area contributed by atoms with Gasteiger partial charge in [-0.15, -0.1) is 0 Å². The van der Waals surface area contributed by atoms with Crippen molar-refractivity contribution in [3.05, 3.63) is 87.0 Å². The fourth-order valence-corrected chi connectivity index (χ4v) is 5.08. The minimum Gasteiger partial charge on any atom is -0.310 e. The first kappa shape index (κ1) is 25.1. The van der Waals surface area contributed by atoms with Gasteiger partial charge in [-0.2, -0.15) is 14.9 Å². The van der Waals surface area contributed by atoms with Gasteiger partial charge in [0.2, 0.25) is 10.0 Å². The van der Waals surface area contributed by atoms with Crippen LogP contribution in [0.5, 0.6) is 0 Å². The number of nitrogens with one attached hydrogen (secondary N) is 2. The second kappa shape index (κ2) is 9.36. The quantitative estimate of drug-likeness (QED) is 0.399. The third kappa shape index (κ3) is 4.75. The first-order chi connectivity index (χ1) is 17.5. The van der Waals surface area contributed by atoms with Crippen LogP contribution in [0.25, 0.3) is 17.2 Å². The van der Waals surface area contributed by atoms with Gasteiger partial charge in [0.05, 0.1) is 23.3 Å². The van der Waals surface area contributed by atoms with E-state index in [1.165, 1.54) is 15.6 Å². The van der Waals surface area contributed by atoms with Gasteiger partial charge < -0.3 is 5.32 Å². The second-order valence-corrected chi connectivity index (χ2v) is 11.2. The zero-order valence-corrected chi connectivity index (χ0v) is 21.8. The van der Waals surface area contributed by atoms with Crippen LogP contribution < -0.4 is 15.7 Å². The summed E-state index contributed by atoms with van der Waals surface area (Å²) in [5.41, 5.74) is 4.32. The van der Waals surface area contributed by atoms with Gasteiger partial charge in [0.15, 0.2) is 5.82 Å². The molecule has 0 amide bonds. The SMILES string of the molecule is Cc1cc(-n2nc3c(c2-n2cnn(-c4ccc(CNS(C)(=O)=O)cc4)c2=O)[C@H](C)NCC3)cc(C)c1F. The molecular weight excluding hydrogens is 497 g/mol. The van der Waals surface area contributed by atoms with Crippen molar-refractivity contribution in [1.82, 2.24) is 34.2 Å². The molecular formula is C25H28FN7O3S. The van der Waals surface area contributed by atoms with E-state index < -0.39 is 10.0 Å². The van der Waals surface area contributed by atoms with Gasteiger partial charge in [-0.05, 0) is 61.7 Å². The van der Waals surface area contributed by atoms with E-state index in [1.807, 2.05) is 6.92 Å². The molecule has 0 bridgehead atoms. The first-order valence-electron chi connectivity index (χ1n) is 11.9. The summed E-state index contributed by atoms with van der Waals surface area (Å²) in [5, 5.41) is 12.6. The highest BCUT2D eigenvalue weighted by atomic mass is 32.2. The molecule has 0 fully saturated rings. The topological polar surface area (TPSA) is 116 Å². The van der Waals surface area contributed by atoms with E-state index >= 15 is 0 Å². The molecule has 0 saturated carbocycles. The number of aryl methyl sites for hydroxylation is 2. The van der Waals surface area contributed by atoms with Crippen LogP contribution in [0.15, 0.2) is 47.5 Å². The molecule has 0 unspecified atom stereocenters. The number of nitrogens with zero attached hydrogens (tertiary/aromatic N) is 5. The lowest BCUT2D eigenvalue weighted by atomic mass is 10.0. The Labute approximate surface area is 213 Å². The molecule has 4 aromatic rings. The van der Waals surface area contributed by atoms with Crippen LogP contribution in [0.1, 0.15) is 40.9 Å². The third-order valence-electron chi connectivity index (χ3n) is 6.50. The number of hydrogen-bond donors (Lipinski definition) is 2. The zero-order valence-electron chi connectivity index (χ0n) is 21.0. The van der Waals surface area contributed by atoms with E-state index in [2.05, 4.69) is 15.1 Å². The standard InChI is InChI=1S/C25H28FN7O3S/c1-15-11-20(12-16(2)23(15)26)32-24(22-17(3)27-10-9-21(22)30-32)31-14-28-33(25(31)34)19-7-5-18(6-8-19)13-29-37(4,35)36/h5-8,11-12,14,17,27,29H,9-10,13H2,1-4H3/t17-/m0/s1. The maximum absolute atomic E-state index is 14.4. The molecule has 5 rings (SSSR count). The fourth-order valence-electron chi connectivity index (χ4n) is 4.66. The lowest BCUT2D eigenvalue weighted by Gasteiger charge is -2.20. The van der Waals surface area contributed by atoms with Crippen molar-refractivity contribution in [1.29, 1.82) is 0 Å². The fraction of sp³-hybridized carbons (Fsp3) is 0.320. The monoisotopic (exact) mass is 525 g/mol. The molecule has 0 aliphatic carbocycles. The number of aromatic nitrogens is 5. The van der Waals surface area contributed by atoms with Crippen molar-refractivity contribution >= 4 is 10.0 Å². The van der Waals surface area contributed by atoms with E-state index in [4.69, 9.17) is 5.10 Å². The van der Waals surface area contributed by atoms with E-state index in [1.54, 1.807) is 54.9 Å². The van der Waals surface area contributed by atoms with E-state index in [0.29, 0.717) is 34.7 Å². The second-order valence-electron chi connectivity index (χ2n) is 9.37. The van der Waals surface area contributed by atoms with Crippen molar-refractivity contribution in [2.45, 2.75) is 39.8 Å². The Morgan fingerprint density at radius 3 is 2.43 bits per heavy atom. The summed E-state index contributed by atoms with van der Waals surface area (Å²) in [5.74, 6) is 0.294. The average molecular weight is 526 g/mol. The van der Waals surface area contributed by atoms with Gasteiger partial charge in [-0.3, -0.25) is 0 Å². The van der Waals surface area contributed by atoms with E-state index in [-0.39, 0.29) is 24.1 Å². The molecule has 2 aromatic carbocycles. The van der Waals surface area contributed by atoms with Crippen molar-refractivity contribution < 1.29 is 12.8 Å². The summed E-state index contributed by atoms with van der Waals surface area (Å²) in [4.78, 5) is 13.6. The Kier molecular flexibility index (Phi) is 6.34. The van der Waals surface area contributed by atoms with Gasteiger partial charge in [-0.25, -0.2) is 31.6 Å². The number of halogens is 1. The predicted octanol–water partition coefficient (Wildman–Crippen LogP) is 2.22. The maximum Gasteiger partial charge on any atom is 0.356 e. The lowest BCUT2D eigenvalue weighted by molar-refractivity contribution is 0.536. The summed E-state index contributed by atoms with van der Waals surface area (Å²) in [7, 11) is -3.32. The number of benzene rings is 2. The first-order valence-corrected chi connectivity index (χ1v) is 13.8. The molecule has 2 N–H and O–H groups in total. The van der Waals surface area contributed by atoms with Gasteiger partial charge in [0, 0.05) is 31.1 Å². The van der Waals surface area contributed by atoms with Gasteiger partial charge in [0.25, 0.3) is 0 Å². The summed E-state index contributed by atoms with van der Waals surface area (Å²) in [6.07, 6.45) is 3.26. The summed E-state index contributed by atoms with van der Waals surface area (Å²) < 4.78 is 44.0. The third-order valence-corrected chi connectivity index (χ3v) is 7.17. The van der Waals surface area contributed by atoms with Crippen LogP contribution in [0.2, 0.25) is 0 Å². The van der Waals surface area contributed by atoms with Crippen LogP contribution in [0.3, 0.4) is 0 Å². The Morgan fingerprint density at radius 2 is 1.78 bits per heavy atom. The average Bonchev–Trinajstić information content (AvgIpc) is 3.42. The number of rotatable bonds is 6. The van der Waals surface area contributed by atoms with Gasteiger partial charge >= 0.3 is 5.69 Å². The largest absolute Gasteiger partial charge is 0.356 e.